The molecule has 3 N–H and O–H groups in total. The molecule has 1 aliphatic rings. The lowest BCUT2D eigenvalue weighted by molar-refractivity contribution is -0.136. The number of rotatable bonds is 7. The van der Waals surface area contributed by atoms with Gasteiger partial charge < -0.3 is 20.9 Å². The molecule has 0 saturated carbocycles. The average Bonchev–Trinajstić information content (AvgIpc) is 2.58. The monoisotopic (exact) mass is 353 g/mol. The predicted molar refractivity (Wildman–Crippen MR) is 106 cm³/mol. The highest BCUT2D eigenvalue weighted by Gasteiger charge is 2.26. The minimum absolute atomic E-state index is 0.132. The van der Waals surface area contributed by atoms with Gasteiger partial charge in [0.2, 0.25) is 5.91 Å². The molecule has 0 bridgehead atoms. The zero-order chi connectivity index (χ0) is 18.9. The Balaban J connectivity index is 2.33. The topological polar surface area (TPSA) is 68.8 Å². The zero-order valence-electron chi connectivity index (χ0n) is 17.1. The summed E-state index contributed by atoms with van der Waals surface area (Å²) in [6.45, 7) is 14.1. The van der Waals surface area contributed by atoms with Gasteiger partial charge in [-0.25, -0.2) is 0 Å². The molecule has 1 rings (SSSR count). The summed E-state index contributed by atoms with van der Waals surface area (Å²) in [5.74, 6) is 1.37. The molecule has 25 heavy (non-hydrogen) atoms. The maximum atomic E-state index is 12.5. The molecule has 0 aliphatic carbocycles. The maximum absolute atomic E-state index is 12.5. The molecule has 0 spiro atoms. The van der Waals surface area contributed by atoms with Crippen LogP contribution in [0.2, 0.25) is 0 Å². The van der Waals surface area contributed by atoms with Gasteiger partial charge in [0, 0.05) is 50.7 Å². The Morgan fingerprint density at radius 1 is 1.16 bits per heavy atom. The number of hydrogen-bond acceptors (Lipinski definition) is 3. The standard InChI is InChI=1S/C19H39N5O/c1-7-15(8-2)17(25)24-13-9-16(10-14-24)23-18(20-6)21-11-12-22-19(3,4)5/h15-16,22H,7-14H2,1-6H3,(H2,20,21,23). The predicted octanol–water partition coefficient (Wildman–Crippen LogP) is 1.97. The van der Waals surface area contributed by atoms with Crippen LogP contribution in [0, 0.1) is 5.92 Å². The van der Waals surface area contributed by atoms with E-state index < -0.39 is 0 Å². The van der Waals surface area contributed by atoms with Gasteiger partial charge in [-0.1, -0.05) is 13.8 Å². The molecule has 0 aromatic heterocycles. The summed E-state index contributed by atoms with van der Waals surface area (Å²) in [5.41, 5.74) is 0.132. The van der Waals surface area contributed by atoms with Gasteiger partial charge in [-0.05, 0) is 46.5 Å². The first kappa shape index (κ1) is 21.7. The van der Waals surface area contributed by atoms with E-state index >= 15 is 0 Å². The minimum atomic E-state index is 0.132. The normalized spacial score (nSPS) is 17.1. The van der Waals surface area contributed by atoms with Crippen molar-refractivity contribution in [1.29, 1.82) is 0 Å². The molecule has 6 nitrogen and oxygen atoms in total. The van der Waals surface area contributed by atoms with Crippen LogP contribution in [-0.4, -0.2) is 61.6 Å². The fourth-order valence-electron chi connectivity index (χ4n) is 3.15. The van der Waals surface area contributed by atoms with Crippen LogP contribution in [-0.2, 0) is 4.79 Å². The molecular weight excluding hydrogens is 314 g/mol. The lowest BCUT2D eigenvalue weighted by Gasteiger charge is -2.35. The first-order valence-electron chi connectivity index (χ1n) is 9.81. The highest BCUT2D eigenvalue weighted by molar-refractivity contribution is 5.80. The Kier molecular flexibility index (Phi) is 9.25. The number of aliphatic imine (C=N–C) groups is 1. The van der Waals surface area contributed by atoms with E-state index in [1.165, 1.54) is 0 Å². The van der Waals surface area contributed by atoms with Crippen LogP contribution < -0.4 is 16.0 Å². The molecule has 0 radical (unpaired) electrons. The van der Waals surface area contributed by atoms with Crippen LogP contribution in [0.4, 0.5) is 0 Å². The van der Waals surface area contributed by atoms with E-state index in [9.17, 15) is 4.79 Å². The third-order valence-corrected chi connectivity index (χ3v) is 4.78. The Bertz CT molecular complexity index is 418. The van der Waals surface area contributed by atoms with E-state index in [4.69, 9.17) is 0 Å². The number of guanidine groups is 1. The van der Waals surface area contributed by atoms with E-state index in [0.717, 1.165) is 57.8 Å². The van der Waals surface area contributed by atoms with Crippen molar-refractivity contribution in [3.8, 4) is 0 Å². The second kappa shape index (κ2) is 10.6. The molecule has 1 heterocycles. The number of amides is 1. The van der Waals surface area contributed by atoms with Crippen molar-refractivity contribution < 1.29 is 4.79 Å². The summed E-state index contributed by atoms with van der Waals surface area (Å²) in [6.07, 6.45) is 3.83. The Hall–Kier alpha value is -1.30. The van der Waals surface area contributed by atoms with Crippen molar-refractivity contribution in [2.75, 3.05) is 33.2 Å². The number of carbonyl (C=O) groups excluding carboxylic acids is 1. The summed E-state index contributed by atoms with van der Waals surface area (Å²) in [5, 5.41) is 10.3. The SMILES string of the molecule is CCC(CC)C(=O)N1CCC(NC(=NC)NCCNC(C)(C)C)CC1. The van der Waals surface area contributed by atoms with Gasteiger partial charge in [-0.3, -0.25) is 9.79 Å². The molecule has 146 valence electrons. The average molecular weight is 354 g/mol. The highest BCUT2D eigenvalue weighted by Crippen LogP contribution is 2.17. The minimum Gasteiger partial charge on any atom is -0.355 e. The summed E-state index contributed by atoms with van der Waals surface area (Å²) < 4.78 is 0. The third-order valence-electron chi connectivity index (χ3n) is 4.78. The van der Waals surface area contributed by atoms with Crippen molar-refractivity contribution in [2.24, 2.45) is 10.9 Å². The van der Waals surface area contributed by atoms with Gasteiger partial charge in [-0.15, -0.1) is 0 Å². The van der Waals surface area contributed by atoms with E-state index in [0.29, 0.717) is 11.9 Å². The first-order valence-corrected chi connectivity index (χ1v) is 9.81. The van der Waals surface area contributed by atoms with Crippen LogP contribution in [0.3, 0.4) is 0 Å². The molecule has 0 aromatic rings. The highest BCUT2D eigenvalue weighted by atomic mass is 16.2. The second-order valence-corrected chi connectivity index (χ2v) is 7.93. The van der Waals surface area contributed by atoms with Gasteiger partial charge in [0.15, 0.2) is 5.96 Å². The van der Waals surface area contributed by atoms with Crippen molar-refractivity contribution in [1.82, 2.24) is 20.9 Å². The summed E-state index contributed by atoms with van der Waals surface area (Å²) in [7, 11) is 1.80. The van der Waals surface area contributed by atoms with Gasteiger partial charge in [-0.2, -0.15) is 0 Å². The van der Waals surface area contributed by atoms with Crippen LogP contribution in [0.15, 0.2) is 4.99 Å². The molecule has 1 amide bonds. The molecule has 0 aromatic carbocycles. The Labute approximate surface area is 154 Å². The van der Waals surface area contributed by atoms with Gasteiger partial charge in [0.25, 0.3) is 0 Å². The van der Waals surface area contributed by atoms with Crippen molar-refractivity contribution >= 4 is 11.9 Å². The summed E-state index contributed by atoms with van der Waals surface area (Å²) in [4.78, 5) is 18.8. The van der Waals surface area contributed by atoms with Crippen LogP contribution >= 0.6 is 0 Å². The number of likely N-dealkylation sites (tertiary alicyclic amines) is 1. The smallest absolute Gasteiger partial charge is 0.225 e. The van der Waals surface area contributed by atoms with Gasteiger partial charge >= 0.3 is 0 Å². The van der Waals surface area contributed by atoms with E-state index in [1.807, 2.05) is 4.90 Å². The van der Waals surface area contributed by atoms with Crippen molar-refractivity contribution in [3.05, 3.63) is 0 Å². The summed E-state index contributed by atoms with van der Waals surface area (Å²) in [6, 6.07) is 0.382. The first-order chi connectivity index (χ1) is 11.8. The molecule has 6 heteroatoms. The number of hydrogen-bond donors (Lipinski definition) is 3. The number of nitrogens with one attached hydrogen (secondary N) is 3. The van der Waals surface area contributed by atoms with Crippen LogP contribution in [0.25, 0.3) is 0 Å². The number of nitrogens with zero attached hydrogens (tertiary/aromatic N) is 2. The summed E-state index contributed by atoms with van der Waals surface area (Å²) >= 11 is 0. The van der Waals surface area contributed by atoms with E-state index in [1.54, 1.807) is 7.05 Å². The van der Waals surface area contributed by atoms with Crippen molar-refractivity contribution in [3.63, 3.8) is 0 Å². The largest absolute Gasteiger partial charge is 0.355 e. The molecule has 1 fully saturated rings. The van der Waals surface area contributed by atoms with E-state index in [2.05, 4.69) is 55.6 Å². The van der Waals surface area contributed by atoms with Crippen LogP contribution in [0.1, 0.15) is 60.3 Å². The lowest BCUT2D eigenvalue weighted by Crippen LogP contribution is -2.51. The molecule has 0 atom stereocenters. The fraction of sp³-hybridized carbons (Fsp3) is 0.895. The molecule has 1 aliphatic heterocycles. The Morgan fingerprint density at radius 3 is 2.24 bits per heavy atom. The lowest BCUT2D eigenvalue weighted by atomic mass is 9.98. The maximum Gasteiger partial charge on any atom is 0.225 e. The van der Waals surface area contributed by atoms with Gasteiger partial charge in [0.1, 0.15) is 0 Å². The fourth-order valence-corrected chi connectivity index (χ4v) is 3.15. The number of carbonyl (C=O) groups is 1. The molecule has 0 unspecified atom stereocenters. The van der Waals surface area contributed by atoms with Gasteiger partial charge in [0.05, 0.1) is 0 Å². The second-order valence-electron chi connectivity index (χ2n) is 7.93. The zero-order valence-corrected chi connectivity index (χ0v) is 17.1. The van der Waals surface area contributed by atoms with E-state index in [-0.39, 0.29) is 11.5 Å². The molecular formula is C19H39N5O. The molecule has 1 saturated heterocycles. The van der Waals surface area contributed by atoms with Crippen molar-refractivity contribution in [2.45, 2.75) is 71.9 Å². The number of piperidine rings is 1. The van der Waals surface area contributed by atoms with Crippen LogP contribution in [0.5, 0.6) is 0 Å². The third kappa shape index (κ3) is 8.08. The quantitative estimate of drug-likeness (QED) is 0.372. The Morgan fingerprint density at radius 2 is 1.76 bits per heavy atom.